The first-order chi connectivity index (χ1) is 11.0. The largest absolute Gasteiger partial charge is 0.394 e. The molecule has 1 saturated carbocycles. The Balaban J connectivity index is 1.82. The number of amides is 1. The third-order valence-electron chi connectivity index (χ3n) is 5.13. The second-order valence-corrected chi connectivity index (χ2v) is 6.84. The zero-order chi connectivity index (χ0) is 16.9. The molecule has 1 heterocycles. The minimum Gasteiger partial charge on any atom is -0.394 e. The fraction of sp³-hybridized carbons (Fsp3) is 0.765. The maximum Gasteiger partial charge on any atom is 0.234 e. The first-order valence-electron chi connectivity index (χ1n) is 8.50. The molecule has 3 N–H and O–H groups in total. The minimum absolute atomic E-state index is 0.0504. The lowest BCUT2D eigenvalue weighted by Crippen LogP contribution is -2.55. The fourth-order valence-electron chi connectivity index (χ4n) is 3.36. The molecule has 1 aliphatic rings. The Labute approximate surface area is 138 Å². The highest BCUT2D eigenvalue weighted by Gasteiger charge is 2.34. The smallest absolute Gasteiger partial charge is 0.234 e. The van der Waals surface area contributed by atoms with Gasteiger partial charge in [-0.3, -0.25) is 4.79 Å². The van der Waals surface area contributed by atoms with Crippen LogP contribution in [0.4, 0.5) is 0 Å². The van der Waals surface area contributed by atoms with Crippen molar-refractivity contribution in [1.82, 2.24) is 15.8 Å². The number of carbonyl (C=O) groups excluding carboxylic acids is 1. The van der Waals surface area contributed by atoms with Gasteiger partial charge in [0.25, 0.3) is 0 Å². The molecule has 1 aliphatic carbocycles. The third kappa shape index (κ3) is 4.54. The van der Waals surface area contributed by atoms with E-state index in [1.54, 1.807) is 0 Å². The number of aryl methyl sites for hydroxylation is 2. The molecule has 1 fully saturated rings. The van der Waals surface area contributed by atoms with Gasteiger partial charge in [0.2, 0.25) is 5.91 Å². The van der Waals surface area contributed by atoms with E-state index >= 15 is 0 Å². The highest BCUT2D eigenvalue weighted by Crippen LogP contribution is 2.32. The molecule has 1 atom stereocenters. The summed E-state index contributed by atoms with van der Waals surface area (Å²) in [5.74, 6) is 1.08. The number of aliphatic hydroxyl groups excluding tert-OH is 1. The molecule has 0 bridgehead atoms. The van der Waals surface area contributed by atoms with Gasteiger partial charge in [0.15, 0.2) is 0 Å². The van der Waals surface area contributed by atoms with Crippen LogP contribution in [0, 0.1) is 19.8 Å². The van der Waals surface area contributed by atoms with E-state index in [1.807, 2.05) is 20.8 Å². The average molecular weight is 323 g/mol. The molecule has 23 heavy (non-hydrogen) atoms. The molecule has 6 nitrogen and oxygen atoms in total. The summed E-state index contributed by atoms with van der Waals surface area (Å²) in [6.45, 7) is 6.39. The van der Waals surface area contributed by atoms with Crippen LogP contribution in [-0.2, 0) is 11.3 Å². The van der Waals surface area contributed by atoms with Gasteiger partial charge >= 0.3 is 0 Å². The van der Waals surface area contributed by atoms with Crippen molar-refractivity contribution in [3.8, 4) is 0 Å². The number of carbonyl (C=O) groups is 1. The predicted octanol–water partition coefficient (Wildman–Crippen LogP) is 1.83. The molecule has 0 aliphatic heterocycles. The normalized spacial score (nSPS) is 18.6. The van der Waals surface area contributed by atoms with E-state index in [2.05, 4.69) is 15.8 Å². The van der Waals surface area contributed by atoms with Gasteiger partial charge in [-0.2, -0.15) is 0 Å². The highest BCUT2D eigenvalue weighted by atomic mass is 16.5. The number of hydrogen-bond acceptors (Lipinski definition) is 5. The number of aromatic nitrogens is 1. The Morgan fingerprint density at radius 3 is 2.61 bits per heavy atom. The van der Waals surface area contributed by atoms with E-state index in [0.29, 0.717) is 12.5 Å². The van der Waals surface area contributed by atoms with Gasteiger partial charge in [-0.1, -0.05) is 24.4 Å². The van der Waals surface area contributed by atoms with E-state index in [-0.39, 0.29) is 24.6 Å². The Bertz CT molecular complexity index is 504. The second kappa shape index (κ2) is 7.93. The number of rotatable bonds is 7. The third-order valence-corrected chi connectivity index (χ3v) is 5.13. The molecule has 1 amide bonds. The van der Waals surface area contributed by atoms with E-state index in [9.17, 15) is 9.90 Å². The molecule has 1 aromatic heterocycles. The molecule has 0 aromatic carbocycles. The van der Waals surface area contributed by atoms with Crippen LogP contribution in [0.25, 0.3) is 0 Å². The van der Waals surface area contributed by atoms with Crippen molar-refractivity contribution in [2.45, 2.75) is 65.0 Å². The van der Waals surface area contributed by atoms with E-state index in [0.717, 1.165) is 29.9 Å². The van der Waals surface area contributed by atoms with Gasteiger partial charge in [0.05, 0.1) is 18.8 Å². The highest BCUT2D eigenvalue weighted by molar-refractivity contribution is 5.78. The minimum atomic E-state index is -0.388. The average Bonchev–Trinajstić information content (AvgIpc) is 2.90. The molecule has 1 aromatic rings. The SMILES string of the molecule is Cc1noc(C)c1CNC(=O)CN[C@](C)(CO)C1CCCCC1. The Morgan fingerprint density at radius 1 is 1.35 bits per heavy atom. The van der Waals surface area contributed by atoms with Crippen LogP contribution in [0.5, 0.6) is 0 Å². The Morgan fingerprint density at radius 2 is 2.04 bits per heavy atom. The molecule has 0 radical (unpaired) electrons. The predicted molar refractivity (Wildman–Crippen MR) is 87.9 cm³/mol. The standard InChI is InChI=1S/C17H29N3O3/c1-12-15(13(2)23-20-12)9-18-16(22)10-19-17(3,11-21)14-7-5-4-6-8-14/h14,19,21H,4-11H2,1-3H3,(H,18,22)/t17-/m1/s1. The van der Waals surface area contributed by atoms with Crippen LogP contribution in [0.1, 0.15) is 56.0 Å². The zero-order valence-corrected chi connectivity index (χ0v) is 14.4. The number of hydrogen-bond donors (Lipinski definition) is 3. The summed E-state index contributed by atoms with van der Waals surface area (Å²) >= 11 is 0. The van der Waals surface area contributed by atoms with Gasteiger partial charge in [-0.25, -0.2) is 0 Å². The maximum absolute atomic E-state index is 12.1. The molecular weight excluding hydrogens is 294 g/mol. The van der Waals surface area contributed by atoms with Crippen molar-refractivity contribution in [3.05, 3.63) is 17.0 Å². The first kappa shape index (κ1) is 17.9. The van der Waals surface area contributed by atoms with Gasteiger partial charge in [-0.05, 0) is 39.5 Å². The Hall–Kier alpha value is -1.40. The number of nitrogens with one attached hydrogen (secondary N) is 2. The van der Waals surface area contributed by atoms with Crippen molar-refractivity contribution < 1.29 is 14.4 Å². The fourth-order valence-corrected chi connectivity index (χ4v) is 3.36. The summed E-state index contributed by atoms with van der Waals surface area (Å²) in [5, 5.41) is 19.8. The molecule has 0 unspecified atom stereocenters. The van der Waals surface area contributed by atoms with Crippen LogP contribution < -0.4 is 10.6 Å². The summed E-state index contributed by atoms with van der Waals surface area (Å²) in [4.78, 5) is 12.1. The topological polar surface area (TPSA) is 87.4 Å². The number of aliphatic hydroxyl groups is 1. The van der Waals surface area contributed by atoms with Crippen LogP contribution in [-0.4, -0.2) is 34.9 Å². The van der Waals surface area contributed by atoms with Crippen LogP contribution in [0.2, 0.25) is 0 Å². The second-order valence-electron chi connectivity index (χ2n) is 6.84. The molecule has 130 valence electrons. The first-order valence-corrected chi connectivity index (χ1v) is 8.50. The Kier molecular flexibility index (Phi) is 6.18. The summed E-state index contributed by atoms with van der Waals surface area (Å²) in [6.07, 6.45) is 5.92. The monoisotopic (exact) mass is 323 g/mol. The summed E-state index contributed by atoms with van der Waals surface area (Å²) < 4.78 is 5.09. The molecule has 0 saturated heterocycles. The lowest BCUT2D eigenvalue weighted by molar-refractivity contribution is -0.121. The lowest BCUT2D eigenvalue weighted by atomic mass is 9.76. The van der Waals surface area contributed by atoms with Gasteiger partial charge in [-0.15, -0.1) is 0 Å². The lowest BCUT2D eigenvalue weighted by Gasteiger charge is -2.39. The van der Waals surface area contributed by atoms with Crippen LogP contribution in [0.15, 0.2) is 4.52 Å². The van der Waals surface area contributed by atoms with Crippen molar-refractivity contribution in [3.63, 3.8) is 0 Å². The van der Waals surface area contributed by atoms with Crippen molar-refractivity contribution in [2.75, 3.05) is 13.2 Å². The van der Waals surface area contributed by atoms with Gasteiger partial charge < -0.3 is 20.3 Å². The molecule has 0 spiro atoms. The van der Waals surface area contributed by atoms with Crippen molar-refractivity contribution in [1.29, 1.82) is 0 Å². The van der Waals surface area contributed by atoms with Crippen molar-refractivity contribution >= 4 is 5.91 Å². The van der Waals surface area contributed by atoms with Gasteiger partial charge in [0.1, 0.15) is 5.76 Å². The number of nitrogens with zero attached hydrogens (tertiary/aromatic N) is 1. The summed E-state index contributed by atoms with van der Waals surface area (Å²) in [5.41, 5.74) is 1.34. The summed E-state index contributed by atoms with van der Waals surface area (Å²) in [7, 11) is 0. The van der Waals surface area contributed by atoms with E-state index in [4.69, 9.17) is 4.52 Å². The molecular formula is C17H29N3O3. The van der Waals surface area contributed by atoms with E-state index < -0.39 is 0 Å². The van der Waals surface area contributed by atoms with Gasteiger partial charge in [0, 0.05) is 17.6 Å². The maximum atomic E-state index is 12.1. The van der Waals surface area contributed by atoms with Crippen molar-refractivity contribution in [2.24, 2.45) is 5.92 Å². The zero-order valence-electron chi connectivity index (χ0n) is 14.4. The quantitative estimate of drug-likeness (QED) is 0.712. The van der Waals surface area contributed by atoms with Crippen LogP contribution >= 0.6 is 0 Å². The summed E-state index contributed by atoms with van der Waals surface area (Å²) in [6, 6.07) is 0. The molecule has 6 heteroatoms. The molecule has 2 rings (SSSR count). The van der Waals surface area contributed by atoms with E-state index in [1.165, 1.54) is 19.3 Å². The van der Waals surface area contributed by atoms with Crippen LogP contribution in [0.3, 0.4) is 0 Å².